The molecule has 2 atom stereocenters. The highest BCUT2D eigenvalue weighted by atomic mass is 16.5. The fraction of sp³-hybridized carbons (Fsp3) is 0.667. The quantitative estimate of drug-likeness (QED) is 0.578. The topological polar surface area (TPSA) is 118 Å². The van der Waals surface area contributed by atoms with E-state index < -0.39 is 12.2 Å². The van der Waals surface area contributed by atoms with Crippen molar-refractivity contribution in [3.8, 4) is 6.01 Å². The minimum atomic E-state index is -0.802. The van der Waals surface area contributed by atoms with Crippen LogP contribution < -0.4 is 15.4 Å². The van der Waals surface area contributed by atoms with Gasteiger partial charge in [-0.05, 0) is 6.92 Å². The third kappa shape index (κ3) is 2.53. The van der Waals surface area contributed by atoms with Gasteiger partial charge in [-0.1, -0.05) is 0 Å². The lowest BCUT2D eigenvalue weighted by Crippen LogP contribution is -2.24. The second-order valence-corrected chi connectivity index (χ2v) is 3.75. The van der Waals surface area contributed by atoms with Crippen LogP contribution in [0, 0.1) is 0 Å². The van der Waals surface area contributed by atoms with Gasteiger partial charge in [-0.2, -0.15) is 15.0 Å². The molecule has 0 saturated carbocycles. The maximum absolute atomic E-state index is 9.45. The molecule has 2 rings (SSSR count). The molecule has 4 N–H and O–H groups in total. The fourth-order valence-electron chi connectivity index (χ4n) is 1.63. The number of ether oxygens (including phenoxy) is 1. The molecule has 1 fully saturated rings. The van der Waals surface area contributed by atoms with E-state index in [2.05, 4.69) is 15.0 Å². The molecule has 0 aliphatic carbocycles. The molecule has 1 aromatic heterocycles. The fourth-order valence-corrected chi connectivity index (χ4v) is 1.63. The zero-order valence-electron chi connectivity index (χ0n) is 9.44. The Bertz CT molecular complexity index is 392. The number of nitrogens with zero attached hydrogens (tertiary/aromatic N) is 4. The van der Waals surface area contributed by atoms with Crippen LogP contribution in [0.5, 0.6) is 6.01 Å². The van der Waals surface area contributed by atoms with E-state index in [1.807, 2.05) is 6.92 Å². The lowest BCUT2D eigenvalue weighted by molar-refractivity contribution is 0.0572. The summed E-state index contributed by atoms with van der Waals surface area (Å²) in [5.41, 5.74) is 5.53. The molecule has 0 amide bonds. The number of aliphatic hydroxyl groups is 2. The van der Waals surface area contributed by atoms with Gasteiger partial charge in [0.25, 0.3) is 0 Å². The van der Waals surface area contributed by atoms with Gasteiger partial charge in [0.1, 0.15) is 0 Å². The highest BCUT2D eigenvalue weighted by Crippen LogP contribution is 2.19. The standard InChI is InChI=1S/C9H15N5O3/c1-2-17-9-12-7(10)11-8(13-9)14-3-5(15)6(16)4-14/h5-6,15-16H,2-4H2,1H3,(H2,10,11,12,13). The maximum atomic E-state index is 9.45. The average molecular weight is 241 g/mol. The smallest absolute Gasteiger partial charge is 0.323 e. The molecule has 8 nitrogen and oxygen atoms in total. The summed E-state index contributed by atoms with van der Waals surface area (Å²) in [5.74, 6) is 0.353. The molecule has 0 aromatic carbocycles. The van der Waals surface area contributed by atoms with Gasteiger partial charge in [-0.3, -0.25) is 0 Å². The molecule has 94 valence electrons. The molecule has 8 heteroatoms. The first-order valence-electron chi connectivity index (χ1n) is 5.35. The summed E-state index contributed by atoms with van der Waals surface area (Å²) in [7, 11) is 0. The van der Waals surface area contributed by atoms with Gasteiger partial charge >= 0.3 is 6.01 Å². The SMILES string of the molecule is CCOc1nc(N)nc(N2CC(O)C(O)C2)n1. The maximum Gasteiger partial charge on any atom is 0.323 e. The van der Waals surface area contributed by atoms with Crippen molar-refractivity contribution in [2.24, 2.45) is 0 Å². The lowest BCUT2D eigenvalue weighted by atomic mass is 10.3. The van der Waals surface area contributed by atoms with Crippen LogP contribution in [0.1, 0.15) is 6.92 Å². The van der Waals surface area contributed by atoms with Crippen molar-refractivity contribution in [3.05, 3.63) is 0 Å². The number of anilines is 2. The Labute approximate surface area is 98.1 Å². The molecular formula is C9H15N5O3. The van der Waals surface area contributed by atoms with E-state index in [4.69, 9.17) is 10.5 Å². The molecule has 0 radical (unpaired) electrons. The summed E-state index contributed by atoms with van der Waals surface area (Å²) in [6.07, 6.45) is -1.60. The molecule has 1 aliphatic rings. The van der Waals surface area contributed by atoms with Crippen LogP contribution in [0.2, 0.25) is 0 Å². The van der Waals surface area contributed by atoms with Gasteiger partial charge in [0.2, 0.25) is 11.9 Å². The Kier molecular flexibility index (Phi) is 3.25. The number of nitrogen functional groups attached to an aromatic ring is 1. The zero-order valence-corrected chi connectivity index (χ0v) is 9.44. The van der Waals surface area contributed by atoms with Crippen LogP contribution >= 0.6 is 0 Å². The van der Waals surface area contributed by atoms with Crippen LogP contribution in [0.15, 0.2) is 0 Å². The molecule has 1 aliphatic heterocycles. The van der Waals surface area contributed by atoms with Crippen LogP contribution in [-0.2, 0) is 0 Å². The van der Waals surface area contributed by atoms with Gasteiger partial charge in [-0.15, -0.1) is 0 Å². The second kappa shape index (κ2) is 4.68. The van der Waals surface area contributed by atoms with Crippen LogP contribution in [0.3, 0.4) is 0 Å². The van der Waals surface area contributed by atoms with Crippen molar-refractivity contribution in [1.82, 2.24) is 15.0 Å². The summed E-state index contributed by atoms with van der Waals surface area (Å²) in [6, 6.07) is 0.144. The predicted octanol–water partition coefficient (Wildman–Crippen LogP) is -1.61. The normalized spacial score (nSPS) is 24.1. The summed E-state index contributed by atoms with van der Waals surface area (Å²) in [6.45, 7) is 2.75. The lowest BCUT2D eigenvalue weighted by Gasteiger charge is -2.15. The summed E-state index contributed by atoms with van der Waals surface area (Å²) in [5, 5.41) is 18.9. The Morgan fingerprint density at radius 1 is 1.29 bits per heavy atom. The predicted molar refractivity (Wildman–Crippen MR) is 59.6 cm³/mol. The van der Waals surface area contributed by atoms with Crippen LogP contribution in [0.25, 0.3) is 0 Å². The van der Waals surface area contributed by atoms with E-state index in [1.165, 1.54) is 0 Å². The highest BCUT2D eigenvalue weighted by Gasteiger charge is 2.31. The van der Waals surface area contributed by atoms with Gasteiger partial charge < -0.3 is 25.6 Å². The van der Waals surface area contributed by atoms with Crippen molar-refractivity contribution in [2.75, 3.05) is 30.3 Å². The number of nitrogens with two attached hydrogens (primary N) is 1. The first-order chi connectivity index (χ1) is 8.10. The summed E-state index contributed by atoms with van der Waals surface area (Å²) in [4.78, 5) is 13.4. The molecule has 2 heterocycles. The van der Waals surface area contributed by atoms with Crippen molar-refractivity contribution >= 4 is 11.9 Å². The minimum absolute atomic E-state index is 0.0503. The third-order valence-electron chi connectivity index (χ3n) is 2.44. The monoisotopic (exact) mass is 241 g/mol. The molecule has 17 heavy (non-hydrogen) atoms. The van der Waals surface area contributed by atoms with E-state index in [-0.39, 0.29) is 25.0 Å². The Balaban J connectivity index is 2.20. The number of hydrogen-bond donors (Lipinski definition) is 3. The van der Waals surface area contributed by atoms with Gasteiger partial charge in [0, 0.05) is 13.1 Å². The summed E-state index contributed by atoms with van der Waals surface area (Å²) >= 11 is 0. The Hall–Kier alpha value is -1.67. The number of hydrogen-bond acceptors (Lipinski definition) is 8. The first kappa shape index (κ1) is 11.8. The first-order valence-corrected chi connectivity index (χ1v) is 5.35. The molecule has 0 bridgehead atoms. The number of aromatic nitrogens is 3. The highest BCUT2D eigenvalue weighted by molar-refractivity contribution is 5.38. The molecule has 2 unspecified atom stereocenters. The molecule has 0 spiro atoms. The minimum Gasteiger partial charge on any atom is -0.464 e. The third-order valence-corrected chi connectivity index (χ3v) is 2.44. The van der Waals surface area contributed by atoms with Crippen molar-refractivity contribution in [3.63, 3.8) is 0 Å². The van der Waals surface area contributed by atoms with Gasteiger partial charge in [0.15, 0.2) is 0 Å². The van der Waals surface area contributed by atoms with Crippen molar-refractivity contribution < 1.29 is 14.9 Å². The van der Waals surface area contributed by atoms with Crippen LogP contribution in [-0.4, -0.2) is 57.1 Å². The molecule has 1 aromatic rings. The number of β-amino-alcohol motifs (C(OH)–C–C–N with tert-alkyl or cyclic N) is 2. The number of rotatable bonds is 3. The Morgan fingerprint density at radius 3 is 2.53 bits per heavy atom. The van der Waals surface area contributed by atoms with E-state index >= 15 is 0 Å². The van der Waals surface area contributed by atoms with Gasteiger partial charge in [-0.25, -0.2) is 0 Å². The van der Waals surface area contributed by atoms with E-state index in [0.29, 0.717) is 12.6 Å². The second-order valence-electron chi connectivity index (χ2n) is 3.75. The molecular weight excluding hydrogens is 226 g/mol. The van der Waals surface area contributed by atoms with Crippen molar-refractivity contribution in [2.45, 2.75) is 19.1 Å². The van der Waals surface area contributed by atoms with E-state index in [1.54, 1.807) is 4.90 Å². The number of aliphatic hydroxyl groups excluding tert-OH is 2. The largest absolute Gasteiger partial charge is 0.464 e. The summed E-state index contributed by atoms with van der Waals surface area (Å²) < 4.78 is 5.15. The van der Waals surface area contributed by atoms with Crippen molar-refractivity contribution in [1.29, 1.82) is 0 Å². The van der Waals surface area contributed by atoms with E-state index in [0.717, 1.165) is 0 Å². The average Bonchev–Trinajstić information content (AvgIpc) is 2.59. The van der Waals surface area contributed by atoms with E-state index in [9.17, 15) is 10.2 Å². The molecule has 1 saturated heterocycles. The Morgan fingerprint density at radius 2 is 1.94 bits per heavy atom. The zero-order chi connectivity index (χ0) is 12.4. The van der Waals surface area contributed by atoms with Gasteiger partial charge in [0.05, 0.1) is 18.8 Å². The van der Waals surface area contributed by atoms with Crippen LogP contribution in [0.4, 0.5) is 11.9 Å².